The highest BCUT2D eigenvalue weighted by molar-refractivity contribution is 9.10. The fourth-order valence-electron chi connectivity index (χ4n) is 3.55. The van der Waals surface area contributed by atoms with Crippen molar-refractivity contribution in [3.63, 3.8) is 0 Å². The molecule has 0 saturated carbocycles. The maximum Gasteiger partial charge on any atom is 0.271 e. The fraction of sp³-hybridized carbons (Fsp3) is 0.0400. The van der Waals surface area contributed by atoms with E-state index in [1.54, 1.807) is 4.57 Å². The highest BCUT2D eigenvalue weighted by Crippen LogP contribution is 2.27. The highest BCUT2D eigenvalue weighted by atomic mass is 79.9. The molecular formula is C25H17BrN2OS. The number of benzene rings is 3. The Kier molecular flexibility index (Phi) is 5.07. The monoisotopic (exact) mass is 472 g/mol. The van der Waals surface area contributed by atoms with Gasteiger partial charge in [-0.1, -0.05) is 100 Å². The summed E-state index contributed by atoms with van der Waals surface area (Å²) in [5.74, 6) is 0. The predicted octanol–water partition coefficient (Wildman–Crippen LogP) is 4.76. The van der Waals surface area contributed by atoms with E-state index < -0.39 is 0 Å². The minimum Gasteiger partial charge on any atom is -0.272 e. The van der Waals surface area contributed by atoms with Crippen LogP contribution in [0.25, 0.3) is 11.8 Å². The number of rotatable bonds is 3. The maximum atomic E-state index is 13.3. The molecule has 30 heavy (non-hydrogen) atoms. The molecule has 1 aliphatic rings. The molecule has 146 valence electrons. The third-order valence-corrected chi connectivity index (χ3v) is 6.54. The molecule has 0 aliphatic carbocycles. The summed E-state index contributed by atoms with van der Waals surface area (Å²) in [6.45, 7) is 0. The Balaban J connectivity index is 1.73. The summed E-state index contributed by atoms with van der Waals surface area (Å²) in [4.78, 5) is 18.9. The molecule has 3 nitrogen and oxygen atoms in total. The summed E-state index contributed by atoms with van der Waals surface area (Å²) < 4.78 is 3.51. The van der Waals surface area contributed by atoms with E-state index in [1.807, 2.05) is 78.9 Å². The first-order valence-electron chi connectivity index (χ1n) is 9.58. The van der Waals surface area contributed by atoms with Gasteiger partial charge in [0.2, 0.25) is 0 Å². The SMILES string of the molecule is O=c1/c(=C\c2ccccc2)sc2n1C(c1ccccc1)C=C(c1ccc(Br)cc1)N=2. The van der Waals surface area contributed by atoms with Crippen molar-refractivity contribution in [2.75, 3.05) is 0 Å². The number of halogens is 1. The molecule has 5 heteroatoms. The van der Waals surface area contributed by atoms with Crippen molar-refractivity contribution in [3.05, 3.63) is 132 Å². The van der Waals surface area contributed by atoms with E-state index >= 15 is 0 Å². The van der Waals surface area contributed by atoms with E-state index in [-0.39, 0.29) is 11.6 Å². The van der Waals surface area contributed by atoms with E-state index in [0.717, 1.165) is 31.7 Å². The van der Waals surface area contributed by atoms with Crippen molar-refractivity contribution in [1.29, 1.82) is 0 Å². The second-order valence-corrected chi connectivity index (χ2v) is 8.93. The normalized spacial score (nSPS) is 16.0. The molecule has 0 bridgehead atoms. The van der Waals surface area contributed by atoms with Gasteiger partial charge in [-0.25, -0.2) is 4.99 Å². The predicted molar refractivity (Wildman–Crippen MR) is 126 cm³/mol. The number of hydrogen-bond acceptors (Lipinski definition) is 3. The van der Waals surface area contributed by atoms with Gasteiger partial charge in [0.25, 0.3) is 5.56 Å². The van der Waals surface area contributed by atoms with E-state index in [2.05, 4.69) is 34.1 Å². The van der Waals surface area contributed by atoms with Crippen molar-refractivity contribution in [1.82, 2.24) is 4.57 Å². The van der Waals surface area contributed by atoms with Crippen LogP contribution in [0.5, 0.6) is 0 Å². The van der Waals surface area contributed by atoms with Gasteiger partial charge in [0.15, 0.2) is 4.80 Å². The molecule has 1 atom stereocenters. The number of nitrogens with zero attached hydrogens (tertiary/aromatic N) is 2. The minimum absolute atomic E-state index is 0.0115. The Hall–Kier alpha value is -3.02. The van der Waals surface area contributed by atoms with Crippen LogP contribution in [-0.2, 0) is 0 Å². The standard InChI is InChI=1S/C25H17BrN2OS/c26-20-13-11-18(12-14-20)21-16-22(19-9-5-2-6-10-19)28-24(29)23(30-25(28)27-21)15-17-7-3-1-4-8-17/h1-16,22H/b23-15+. The molecule has 3 aromatic carbocycles. The molecule has 0 saturated heterocycles. The van der Waals surface area contributed by atoms with Crippen LogP contribution in [0.1, 0.15) is 22.7 Å². The van der Waals surface area contributed by atoms with Gasteiger partial charge in [-0.05, 0) is 35.4 Å². The summed E-state index contributed by atoms with van der Waals surface area (Å²) in [5, 5.41) is 0. The minimum atomic E-state index is -0.195. The van der Waals surface area contributed by atoms with Crippen LogP contribution in [0.15, 0.2) is 105 Å². The third kappa shape index (κ3) is 3.62. The molecular weight excluding hydrogens is 456 g/mol. The topological polar surface area (TPSA) is 34.4 Å². The van der Waals surface area contributed by atoms with Crippen LogP contribution in [0.3, 0.4) is 0 Å². The summed E-state index contributed by atoms with van der Waals surface area (Å²) in [6, 6.07) is 27.9. The summed E-state index contributed by atoms with van der Waals surface area (Å²) in [6.07, 6.45) is 4.02. The summed E-state index contributed by atoms with van der Waals surface area (Å²) in [7, 11) is 0. The molecule has 0 amide bonds. The highest BCUT2D eigenvalue weighted by Gasteiger charge is 2.22. The lowest BCUT2D eigenvalue weighted by Crippen LogP contribution is -2.36. The van der Waals surface area contributed by atoms with Gasteiger partial charge >= 0.3 is 0 Å². The lowest BCUT2D eigenvalue weighted by Gasteiger charge is -2.19. The Bertz CT molecular complexity index is 1400. The molecule has 4 aromatic rings. The Morgan fingerprint density at radius 1 is 0.900 bits per heavy atom. The van der Waals surface area contributed by atoms with Gasteiger partial charge in [-0.15, -0.1) is 0 Å². The largest absolute Gasteiger partial charge is 0.272 e. The number of aromatic nitrogens is 1. The zero-order valence-electron chi connectivity index (χ0n) is 15.9. The Labute approximate surface area is 186 Å². The maximum absolute atomic E-state index is 13.3. The van der Waals surface area contributed by atoms with Crippen molar-refractivity contribution in [2.45, 2.75) is 6.04 Å². The van der Waals surface area contributed by atoms with Gasteiger partial charge < -0.3 is 0 Å². The molecule has 5 rings (SSSR count). The first-order chi connectivity index (χ1) is 14.7. The fourth-order valence-corrected chi connectivity index (χ4v) is 4.83. The van der Waals surface area contributed by atoms with E-state index in [9.17, 15) is 4.79 Å². The zero-order valence-corrected chi connectivity index (χ0v) is 18.3. The Morgan fingerprint density at radius 2 is 1.57 bits per heavy atom. The van der Waals surface area contributed by atoms with Crippen molar-refractivity contribution in [2.24, 2.45) is 4.99 Å². The van der Waals surface area contributed by atoms with Crippen LogP contribution < -0.4 is 14.9 Å². The van der Waals surface area contributed by atoms with Gasteiger partial charge in [-0.3, -0.25) is 9.36 Å². The second kappa shape index (κ2) is 8.01. The van der Waals surface area contributed by atoms with Gasteiger partial charge in [0.1, 0.15) is 0 Å². The lowest BCUT2D eigenvalue weighted by atomic mass is 10.0. The number of fused-ring (bicyclic) bond motifs is 1. The molecule has 0 N–H and O–H groups in total. The summed E-state index contributed by atoms with van der Waals surface area (Å²) in [5.41, 5.74) is 3.96. The quantitative estimate of drug-likeness (QED) is 0.423. The Morgan fingerprint density at radius 3 is 2.27 bits per heavy atom. The van der Waals surface area contributed by atoms with Crippen LogP contribution >= 0.6 is 27.3 Å². The number of hydrogen-bond donors (Lipinski definition) is 0. The van der Waals surface area contributed by atoms with Crippen LogP contribution in [-0.4, -0.2) is 4.57 Å². The molecule has 1 unspecified atom stereocenters. The van der Waals surface area contributed by atoms with Crippen molar-refractivity contribution < 1.29 is 0 Å². The molecule has 1 aliphatic heterocycles. The lowest BCUT2D eigenvalue weighted by molar-refractivity contribution is 0.644. The summed E-state index contributed by atoms with van der Waals surface area (Å²) >= 11 is 4.93. The van der Waals surface area contributed by atoms with Gasteiger partial charge in [-0.2, -0.15) is 0 Å². The molecule has 2 heterocycles. The molecule has 0 radical (unpaired) electrons. The van der Waals surface area contributed by atoms with E-state index in [0.29, 0.717) is 4.53 Å². The van der Waals surface area contributed by atoms with Crippen molar-refractivity contribution >= 4 is 39.0 Å². The first-order valence-corrected chi connectivity index (χ1v) is 11.2. The van der Waals surface area contributed by atoms with Crippen LogP contribution in [0, 0.1) is 0 Å². The average molecular weight is 473 g/mol. The number of thiazole rings is 1. The van der Waals surface area contributed by atoms with Gasteiger partial charge in [0.05, 0.1) is 16.3 Å². The zero-order chi connectivity index (χ0) is 20.5. The third-order valence-electron chi connectivity index (χ3n) is 5.03. The molecule has 0 fully saturated rings. The van der Waals surface area contributed by atoms with Crippen LogP contribution in [0.4, 0.5) is 0 Å². The first kappa shape index (κ1) is 19.0. The number of allylic oxidation sites excluding steroid dienone is 1. The smallest absolute Gasteiger partial charge is 0.271 e. The molecule has 1 aromatic heterocycles. The second-order valence-electron chi connectivity index (χ2n) is 7.01. The average Bonchev–Trinajstić information content (AvgIpc) is 3.10. The van der Waals surface area contributed by atoms with E-state index in [1.165, 1.54) is 11.3 Å². The van der Waals surface area contributed by atoms with E-state index in [4.69, 9.17) is 4.99 Å². The van der Waals surface area contributed by atoms with Crippen molar-refractivity contribution in [3.8, 4) is 0 Å². The van der Waals surface area contributed by atoms with Crippen LogP contribution in [0.2, 0.25) is 0 Å². The molecule has 0 spiro atoms. The van der Waals surface area contributed by atoms with Gasteiger partial charge in [0, 0.05) is 10.0 Å².